The predicted octanol–water partition coefficient (Wildman–Crippen LogP) is 4.76. The highest BCUT2D eigenvalue weighted by atomic mass is 16.3. The van der Waals surface area contributed by atoms with Crippen LogP contribution in [0.25, 0.3) is 0 Å². The van der Waals surface area contributed by atoms with Crippen LogP contribution < -0.4 is 0 Å². The second-order valence-electron chi connectivity index (χ2n) is 8.46. The van der Waals surface area contributed by atoms with Gasteiger partial charge >= 0.3 is 0 Å². The number of aromatic nitrogens is 1. The highest BCUT2D eigenvalue weighted by Crippen LogP contribution is 2.23. The normalized spacial score (nSPS) is 14.1. The highest BCUT2D eigenvalue weighted by molar-refractivity contribution is 5.28. The van der Waals surface area contributed by atoms with Gasteiger partial charge in [0, 0.05) is 31.5 Å². The van der Waals surface area contributed by atoms with Crippen molar-refractivity contribution in [3.63, 3.8) is 0 Å². The van der Waals surface area contributed by atoms with E-state index < -0.39 is 5.54 Å². The highest BCUT2D eigenvalue weighted by Gasteiger charge is 2.27. The Kier molecular flexibility index (Phi) is 6.85. The van der Waals surface area contributed by atoms with Gasteiger partial charge in [0.05, 0.1) is 12.1 Å². The zero-order valence-electron chi connectivity index (χ0n) is 17.3. The van der Waals surface area contributed by atoms with Crippen molar-refractivity contribution in [1.29, 1.82) is 0 Å². The van der Waals surface area contributed by atoms with E-state index in [4.69, 9.17) is 0 Å². The number of hydrogen-bond donors (Lipinski definition) is 1. The molecule has 0 radical (unpaired) electrons. The third kappa shape index (κ3) is 5.21. The second-order valence-corrected chi connectivity index (χ2v) is 8.46. The van der Waals surface area contributed by atoms with Crippen molar-refractivity contribution in [2.24, 2.45) is 0 Å². The van der Waals surface area contributed by atoms with Gasteiger partial charge in [0.1, 0.15) is 0 Å². The lowest BCUT2D eigenvalue weighted by Gasteiger charge is -2.37. The van der Waals surface area contributed by atoms with Gasteiger partial charge in [-0.25, -0.2) is 0 Å². The number of rotatable bonds is 9. The second kappa shape index (κ2) is 8.73. The van der Waals surface area contributed by atoms with Crippen molar-refractivity contribution in [1.82, 2.24) is 9.47 Å². The molecule has 1 aromatic heterocycles. The Morgan fingerprint density at radius 2 is 1.74 bits per heavy atom. The van der Waals surface area contributed by atoms with Gasteiger partial charge in [-0.15, -0.1) is 13.2 Å². The summed E-state index contributed by atoms with van der Waals surface area (Å²) in [7, 11) is 0. The summed E-state index contributed by atoms with van der Waals surface area (Å²) in [5.74, 6) is 0. The third-order valence-corrected chi connectivity index (χ3v) is 5.28. The molecule has 0 fully saturated rings. The molecule has 0 bridgehead atoms. The van der Waals surface area contributed by atoms with Crippen molar-refractivity contribution in [2.45, 2.75) is 51.7 Å². The smallest absolute Gasteiger partial charge is 0.0648 e. The van der Waals surface area contributed by atoms with Crippen LogP contribution in [0.15, 0.2) is 67.9 Å². The number of nitrogens with zero attached hydrogens (tertiary/aromatic N) is 2. The molecule has 0 aliphatic rings. The van der Waals surface area contributed by atoms with Crippen molar-refractivity contribution < 1.29 is 5.11 Å². The zero-order valence-corrected chi connectivity index (χ0v) is 17.3. The van der Waals surface area contributed by atoms with Crippen LogP contribution in [-0.4, -0.2) is 33.3 Å². The Labute approximate surface area is 164 Å². The van der Waals surface area contributed by atoms with Gasteiger partial charge < -0.3 is 9.67 Å². The minimum Gasteiger partial charge on any atom is -0.394 e. The van der Waals surface area contributed by atoms with Gasteiger partial charge in [0.25, 0.3) is 0 Å². The average molecular weight is 367 g/mol. The van der Waals surface area contributed by atoms with Crippen molar-refractivity contribution in [2.75, 3.05) is 13.2 Å². The molecule has 27 heavy (non-hydrogen) atoms. The van der Waals surface area contributed by atoms with E-state index in [0.717, 1.165) is 13.1 Å². The topological polar surface area (TPSA) is 28.4 Å². The first-order valence-corrected chi connectivity index (χ1v) is 9.57. The van der Waals surface area contributed by atoms with Crippen LogP contribution in [0.4, 0.5) is 0 Å². The van der Waals surface area contributed by atoms with E-state index in [0.29, 0.717) is 6.54 Å². The summed E-state index contributed by atoms with van der Waals surface area (Å²) in [6, 6.07) is 13.1. The van der Waals surface area contributed by atoms with E-state index in [1.165, 1.54) is 16.8 Å². The molecule has 0 saturated heterocycles. The lowest BCUT2D eigenvalue weighted by Crippen LogP contribution is -2.47. The Balaban J connectivity index is 2.19. The molecular formula is C24H34N2O. The molecule has 2 aromatic rings. The number of benzene rings is 1. The molecule has 0 spiro atoms. The molecule has 1 aromatic carbocycles. The summed E-state index contributed by atoms with van der Waals surface area (Å²) in [5, 5.41) is 9.85. The molecule has 1 N–H and O–H groups in total. The molecule has 0 unspecified atom stereocenters. The molecule has 3 nitrogen and oxygen atoms in total. The number of hydrogen-bond acceptors (Lipinski definition) is 2. The lowest BCUT2D eigenvalue weighted by atomic mass is 9.87. The van der Waals surface area contributed by atoms with Crippen molar-refractivity contribution in [3.05, 3.63) is 84.7 Å². The Hall–Kier alpha value is -2.10. The van der Waals surface area contributed by atoms with Crippen LogP contribution in [0.3, 0.4) is 0 Å². The van der Waals surface area contributed by atoms with Crippen LogP contribution in [0.2, 0.25) is 0 Å². The summed E-state index contributed by atoms with van der Waals surface area (Å²) in [6.45, 7) is 18.8. The molecule has 0 amide bonds. The first-order valence-electron chi connectivity index (χ1n) is 9.57. The average Bonchev–Trinajstić information content (AvgIpc) is 3.07. The fraction of sp³-hybridized carbons (Fsp3) is 0.417. The lowest BCUT2D eigenvalue weighted by molar-refractivity contribution is 0.0814. The SMILES string of the molecule is C=CCN(Cc1cccn1Cc1ccc(C(C)(C)C)cc1)[C@](C)(C=C)CO. The standard InChI is InChI=1S/C24H34N2O/c1-7-15-26(24(6,8-2)19-27)18-22-10-9-16-25(22)17-20-11-13-21(14-12-20)23(3,4)5/h7-14,16,27H,1-2,15,17-19H2,3-6H3/t24-/m1/s1. The van der Waals surface area contributed by atoms with Crippen LogP contribution in [0.5, 0.6) is 0 Å². The summed E-state index contributed by atoms with van der Waals surface area (Å²) >= 11 is 0. The van der Waals surface area contributed by atoms with Crippen molar-refractivity contribution >= 4 is 0 Å². The number of aliphatic hydroxyl groups excluding tert-OH is 1. The summed E-state index contributed by atoms with van der Waals surface area (Å²) in [4.78, 5) is 2.20. The Morgan fingerprint density at radius 1 is 1.07 bits per heavy atom. The van der Waals surface area contributed by atoms with E-state index in [1.54, 1.807) is 0 Å². The van der Waals surface area contributed by atoms with Crippen LogP contribution in [0, 0.1) is 0 Å². The van der Waals surface area contributed by atoms with Gasteiger partial charge in [-0.05, 0) is 35.6 Å². The molecule has 0 aliphatic carbocycles. The fourth-order valence-electron chi connectivity index (χ4n) is 3.15. The molecule has 1 atom stereocenters. The van der Waals surface area contributed by atoms with Crippen LogP contribution in [-0.2, 0) is 18.5 Å². The molecule has 0 aliphatic heterocycles. The largest absolute Gasteiger partial charge is 0.394 e. The fourth-order valence-corrected chi connectivity index (χ4v) is 3.15. The quantitative estimate of drug-likeness (QED) is 0.648. The van der Waals surface area contributed by atoms with E-state index in [-0.39, 0.29) is 12.0 Å². The van der Waals surface area contributed by atoms with Gasteiger partial charge in [-0.1, -0.05) is 57.2 Å². The Bertz CT molecular complexity index is 751. The van der Waals surface area contributed by atoms with E-state index in [1.807, 2.05) is 19.1 Å². The maximum absolute atomic E-state index is 9.85. The van der Waals surface area contributed by atoms with Crippen LogP contribution in [0.1, 0.15) is 44.5 Å². The maximum Gasteiger partial charge on any atom is 0.0648 e. The monoisotopic (exact) mass is 366 g/mol. The first kappa shape index (κ1) is 21.2. The van der Waals surface area contributed by atoms with E-state index >= 15 is 0 Å². The van der Waals surface area contributed by atoms with Gasteiger partial charge in [0.2, 0.25) is 0 Å². The zero-order chi connectivity index (χ0) is 20.1. The van der Waals surface area contributed by atoms with Gasteiger partial charge in [-0.2, -0.15) is 0 Å². The van der Waals surface area contributed by atoms with Gasteiger partial charge in [0.15, 0.2) is 0 Å². The molecule has 3 heteroatoms. The molecular weight excluding hydrogens is 332 g/mol. The van der Waals surface area contributed by atoms with Crippen LogP contribution >= 0.6 is 0 Å². The summed E-state index contributed by atoms with van der Waals surface area (Å²) < 4.78 is 2.27. The minimum atomic E-state index is -0.475. The minimum absolute atomic E-state index is 0.0271. The predicted molar refractivity (Wildman–Crippen MR) is 115 cm³/mol. The molecule has 1 heterocycles. The van der Waals surface area contributed by atoms with Crippen molar-refractivity contribution in [3.8, 4) is 0 Å². The summed E-state index contributed by atoms with van der Waals surface area (Å²) in [5.41, 5.74) is 3.53. The number of aliphatic hydroxyl groups is 1. The molecule has 2 rings (SSSR count). The summed E-state index contributed by atoms with van der Waals surface area (Å²) in [6.07, 6.45) is 5.80. The van der Waals surface area contributed by atoms with E-state index in [2.05, 4.69) is 86.0 Å². The first-order chi connectivity index (χ1) is 12.7. The molecule has 146 valence electrons. The Morgan fingerprint density at radius 3 is 2.26 bits per heavy atom. The molecule has 0 saturated carbocycles. The maximum atomic E-state index is 9.85. The van der Waals surface area contributed by atoms with Gasteiger partial charge in [-0.3, -0.25) is 4.90 Å². The third-order valence-electron chi connectivity index (χ3n) is 5.28. The van der Waals surface area contributed by atoms with E-state index in [9.17, 15) is 5.11 Å².